The van der Waals surface area contributed by atoms with Crippen LogP contribution < -0.4 is 5.32 Å². The zero-order valence-electron chi connectivity index (χ0n) is 15.3. The third-order valence-electron chi connectivity index (χ3n) is 4.03. The molecule has 2 aromatic heterocycles. The van der Waals surface area contributed by atoms with Gasteiger partial charge in [-0.05, 0) is 37.5 Å². The quantitative estimate of drug-likeness (QED) is 0.702. The minimum atomic E-state index is -0.175. The molecule has 136 valence electrons. The average Bonchev–Trinajstić information content (AvgIpc) is 3.07. The highest BCUT2D eigenvalue weighted by Gasteiger charge is 2.12. The van der Waals surface area contributed by atoms with E-state index in [4.69, 9.17) is 9.26 Å². The van der Waals surface area contributed by atoms with Crippen molar-refractivity contribution in [2.24, 2.45) is 0 Å². The maximum absolute atomic E-state index is 12.5. The number of aromatic nitrogens is 2. The Kier molecular flexibility index (Phi) is 5.63. The van der Waals surface area contributed by atoms with Crippen LogP contribution >= 0.6 is 0 Å². The summed E-state index contributed by atoms with van der Waals surface area (Å²) < 4.78 is 10.8. The highest BCUT2D eigenvalue weighted by Crippen LogP contribution is 2.18. The summed E-state index contributed by atoms with van der Waals surface area (Å²) in [6, 6.07) is 9.79. The van der Waals surface area contributed by atoms with Gasteiger partial charge in [0.25, 0.3) is 11.6 Å². The molecular formula is C20H23N3O3. The predicted molar refractivity (Wildman–Crippen MR) is 98.7 cm³/mol. The van der Waals surface area contributed by atoms with Gasteiger partial charge >= 0.3 is 0 Å². The number of aryl methyl sites for hydroxylation is 1. The van der Waals surface area contributed by atoms with E-state index in [-0.39, 0.29) is 12.0 Å². The van der Waals surface area contributed by atoms with Crippen LogP contribution in [0.3, 0.4) is 0 Å². The van der Waals surface area contributed by atoms with Crippen LogP contribution in [0.2, 0.25) is 0 Å². The molecule has 0 bridgehead atoms. The number of hydrogen-bond acceptors (Lipinski definition) is 5. The highest BCUT2D eigenvalue weighted by atomic mass is 16.5. The van der Waals surface area contributed by atoms with Crippen LogP contribution in [0, 0.1) is 0 Å². The van der Waals surface area contributed by atoms with Crippen LogP contribution in [0.5, 0.6) is 0 Å². The van der Waals surface area contributed by atoms with Crippen molar-refractivity contribution in [3.63, 3.8) is 0 Å². The van der Waals surface area contributed by atoms with E-state index in [2.05, 4.69) is 15.5 Å². The normalized spacial score (nSPS) is 11.2. The summed E-state index contributed by atoms with van der Waals surface area (Å²) in [7, 11) is 0. The first-order valence-corrected chi connectivity index (χ1v) is 8.78. The molecule has 1 amide bonds. The lowest BCUT2D eigenvalue weighted by molar-refractivity contribution is 0.0657. The van der Waals surface area contributed by atoms with Crippen LogP contribution in [0.25, 0.3) is 11.1 Å². The smallest absolute Gasteiger partial charge is 0.257 e. The zero-order valence-corrected chi connectivity index (χ0v) is 15.3. The third-order valence-corrected chi connectivity index (χ3v) is 4.03. The van der Waals surface area contributed by atoms with Crippen LogP contribution in [0.4, 0.5) is 0 Å². The van der Waals surface area contributed by atoms with Crippen molar-refractivity contribution in [3.05, 3.63) is 58.9 Å². The number of pyridine rings is 1. The largest absolute Gasteiger partial charge is 0.374 e. The second-order valence-electron chi connectivity index (χ2n) is 6.42. The Labute approximate surface area is 152 Å². The molecule has 0 aliphatic heterocycles. The fraction of sp³-hybridized carbons (Fsp3) is 0.350. The molecule has 0 fully saturated rings. The van der Waals surface area contributed by atoms with Crippen molar-refractivity contribution >= 4 is 17.0 Å². The van der Waals surface area contributed by atoms with Crippen molar-refractivity contribution in [1.29, 1.82) is 0 Å². The highest BCUT2D eigenvalue weighted by molar-refractivity contribution is 5.96. The minimum Gasteiger partial charge on any atom is -0.374 e. The number of rotatable bonds is 7. The number of hydrogen-bond donors (Lipinski definition) is 1. The van der Waals surface area contributed by atoms with E-state index in [1.807, 2.05) is 45.0 Å². The number of nitrogens with one attached hydrogen (secondary N) is 1. The molecule has 6 heteroatoms. The van der Waals surface area contributed by atoms with Gasteiger partial charge in [0, 0.05) is 12.7 Å². The standard InChI is InChI=1S/C20H23N3O3/c1-4-18-17-9-16(11-22-20(17)26-23-18)19(24)21-10-14-6-5-7-15(8-14)12-25-13(2)3/h5-9,11,13H,4,10,12H2,1-3H3,(H,21,24). The molecule has 1 aromatic carbocycles. The van der Waals surface area contributed by atoms with E-state index in [0.717, 1.165) is 28.6 Å². The number of carbonyl (C=O) groups is 1. The first-order chi connectivity index (χ1) is 12.6. The van der Waals surface area contributed by atoms with Gasteiger partial charge in [0.15, 0.2) is 0 Å². The molecule has 6 nitrogen and oxygen atoms in total. The van der Waals surface area contributed by atoms with Gasteiger partial charge in [-0.1, -0.05) is 36.3 Å². The molecule has 0 atom stereocenters. The molecule has 0 saturated carbocycles. The Morgan fingerprint density at radius 1 is 1.27 bits per heavy atom. The summed E-state index contributed by atoms with van der Waals surface area (Å²) >= 11 is 0. The number of benzene rings is 1. The number of nitrogens with zero attached hydrogens (tertiary/aromatic N) is 2. The Morgan fingerprint density at radius 3 is 2.85 bits per heavy atom. The summed E-state index contributed by atoms with van der Waals surface area (Å²) in [6.07, 6.45) is 2.42. The average molecular weight is 353 g/mol. The first kappa shape index (κ1) is 18.1. The van der Waals surface area contributed by atoms with Crippen LogP contribution in [0.15, 0.2) is 41.1 Å². The van der Waals surface area contributed by atoms with Crippen molar-refractivity contribution in [1.82, 2.24) is 15.5 Å². The summed E-state index contributed by atoms with van der Waals surface area (Å²) in [6.45, 7) is 7.01. The third kappa shape index (κ3) is 4.26. The number of fused-ring (bicyclic) bond motifs is 1. The van der Waals surface area contributed by atoms with E-state index >= 15 is 0 Å². The SMILES string of the molecule is CCc1noc2ncc(C(=O)NCc3cccc(COC(C)C)c3)cc12. The van der Waals surface area contributed by atoms with Crippen molar-refractivity contribution in [2.75, 3.05) is 0 Å². The molecular weight excluding hydrogens is 330 g/mol. The van der Waals surface area contributed by atoms with Crippen LogP contribution in [-0.4, -0.2) is 22.2 Å². The Hall–Kier alpha value is -2.73. The van der Waals surface area contributed by atoms with Crippen LogP contribution in [-0.2, 0) is 24.3 Å². The number of ether oxygens (including phenoxy) is 1. The van der Waals surface area contributed by atoms with E-state index in [1.54, 1.807) is 6.07 Å². The van der Waals surface area contributed by atoms with Gasteiger partial charge in [-0.15, -0.1) is 0 Å². The van der Waals surface area contributed by atoms with E-state index in [1.165, 1.54) is 6.20 Å². The van der Waals surface area contributed by atoms with Crippen molar-refractivity contribution in [2.45, 2.75) is 46.4 Å². The lowest BCUT2D eigenvalue weighted by Crippen LogP contribution is -2.23. The Balaban J connectivity index is 1.66. The molecule has 0 aliphatic carbocycles. The summed E-state index contributed by atoms with van der Waals surface area (Å²) in [5, 5.41) is 7.68. The molecule has 0 unspecified atom stereocenters. The van der Waals surface area contributed by atoms with Gasteiger partial charge in [0.1, 0.15) is 0 Å². The molecule has 3 rings (SSSR count). The zero-order chi connectivity index (χ0) is 18.5. The summed E-state index contributed by atoms with van der Waals surface area (Å²) in [5.74, 6) is -0.175. The molecule has 0 spiro atoms. The molecule has 3 aromatic rings. The summed E-state index contributed by atoms with van der Waals surface area (Å²) in [4.78, 5) is 16.6. The molecule has 0 radical (unpaired) electrons. The monoisotopic (exact) mass is 353 g/mol. The Bertz CT molecular complexity index is 902. The van der Waals surface area contributed by atoms with Gasteiger partial charge < -0.3 is 14.6 Å². The van der Waals surface area contributed by atoms with Gasteiger partial charge in [0.2, 0.25) is 0 Å². The minimum absolute atomic E-state index is 0.175. The second kappa shape index (κ2) is 8.10. The van der Waals surface area contributed by atoms with Crippen LogP contribution in [0.1, 0.15) is 48.0 Å². The van der Waals surface area contributed by atoms with Crippen molar-refractivity contribution < 1.29 is 14.1 Å². The molecule has 0 saturated heterocycles. The predicted octanol–water partition coefficient (Wildman–Crippen LogP) is 3.64. The van der Waals surface area contributed by atoms with Gasteiger partial charge in [-0.2, -0.15) is 0 Å². The maximum atomic E-state index is 12.5. The molecule has 0 aliphatic rings. The number of amides is 1. The fourth-order valence-electron chi connectivity index (χ4n) is 2.64. The van der Waals surface area contributed by atoms with Crippen molar-refractivity contribution in [3.8, 4) is 0 Å². The summed E-state index contributed by atoms with van der Waals surface area (Å²) in [5.41, 5.74) is 3.87. The van der Waals surface area contributed by atoms with E-state index < -0.39 is 0 Å². The van der Waals surface area contributed by atoms with E-state index in [0.29, 0.717) is 24.4 Å². The van der Waals surface area contributed by atoms with E-state index in [9.17, 15) is 4.79 Å². The van der Waals surface area contributed by atoms with Gasteiger partial charge in [-0.25, -0.2) is 4.98 Å². The lowest BCUT2D eigenvalue weighted by Gasteiger charge is -2.10. The van der Waals surface area contributed by atoms with Gasteiger partial charge in [0.05, 0.1) is 29.4 Å². The Morgan fingerprint density at radius 2 is 2.08 bits per heavy atom. The number of carbonyl (C=O) groups excluding carboxylic acids is 1. The topological polar surface area (TPSA) is 77.2 Å². The lowest BCUT2D eigenvalue weighted by atomic mass is 10.1. The molecule has 2 heterocycles. The fourth-order valence-corrected chi connectivity index (χ4v) is 2.64. The second-order valence-corrected chi connectivity index (χ2v) is 6.42. The molecule has 1 N–H and O–H groups in total. The first-order valence-electron chi connectivity index (χ1n) is 8.78. The molecule has 26 heavy (non-hydrogen) atoms. The maximum Gasteiger partial charge on any atom is 0.257 e. The van der Waals surface area contributed by atoms with Gasteiger partial charge in [-0.3, -0.25) is 4.79 Å².